The largest absolute Gasteiger partial charge is 0.380 e. The molecule has 0 rings (SSSR count). The monoisotopic (exact) mass is 116 g/mol. The third kappa shape index (κ3) is 3.61. The highest BCUT2D eigenvalue weighted by Crippen LogP contribution is 1.80. The number of hydrogen-bond acceptors (Lipinski definition) is 2. The lowest BCUT2D eigenvalue weighted by molar-refractivity contribution is 0.121. The highest BCUT2D eigenvalue weighted by Gasteiger charge is 1.94. The van der Waals surface area contributed by atoms with Gasteiger partial charge >= 0.3 is 6.41 Å². The number of rotatable bonds is 4. The minimum Gasteiger partial charge on any atom is -0.380 e. The molecule has 0 fully saturated rings. The smallest absolute Gasteiger partial charge is 0.309 e. The number of ether oxygens (including phenoxy) is 1. The zero-order valence-corrected chi connectivity index (χ0v) is 5.10. The SMILES string of the molecule is COC(C)CN[C]=O. The van der Waals surface area contributed by atoms with Crippen LogP contribution in [0.4, 0.5) is 0 Å². The van der Waals surface area contributed by atoms with E-state index in [1.165, 1.54) is 0 Å². The van der Waals surface area contributed by atoms with E-state index in [2.05, 4.69) is 5.32 Å². The van der Waals surface area contributed by atoms with Crippen LogP contribution in [0.1, 0.15) is 6.92 Å². The van der Waals surface area contributed by atoms with E-state index in [-0.39, 0.29) is 6.10 Å². The van der Waals surface area contributed by atoms with E-state index in [9.17, 15) is 4.79 Å². The Hall–Kier alpha value is -0.570. The lowest BCUT2D eigenvalue weighted by atomic mass is 10.4. The van der Waals surface area contributed by atoms with Crippen LogP contribution in [0.5, 0.6) is 0 Å². The highest BCUT2D eigenvalue weighted by molar-refractivity contribution is 5.46. The van der Waals surface area contributed by atoms with Gasteiger partial charge in [0.1, 0.15) is 0 Å². The molecular formula is C5H10NO2. The molecule has 0 heterocycles. The summed E-state index contributed by atoms with van der Waals surface area (Å²) in [5.74, 6) is 0. The van der Waals surface area contributed by atoms with Gasteiger partial charge in [0.15, 0.2) is 0 Å². The van der Waals surface area contributed by atoms with Gasteiger partial charge in [-0.3, -0.25) is 4.79 Å². The average molecular weight is 116 g/mol. The molecule has 0 aliphatic rings. The molecule has 0 aromatic carbocycles. The summed E-state index contributed by atoms with van der Waals surface area (Å²) >= 11 is 0. The van der Waals surface area contributed by atoms with Crippen LogP contribution in [0.25, 0.3) is 0 Å². The maximum Gasteiger partial charge on any atom is 0.309 e. The molecule has 8 heavy (non-hydrogen) atoms. The van der Waals surface area contributed by atoms with Crippen LogP contribution in [0, 0.1) is 0 Å². The Morgan fingerprint density at radius 1 is 1.88 bits per heavy atom. The fraction of sp³-hybridized carbons (Fsp3) is 0.800. The second kappa shape index (κ2) is 4.59. The van der Waals surface area contributed by atoms with Crippen LogP contribution in [0.3, 0.4) is 0 Å². The normalized spacial score (nSPS) is 12.8. The highest BCUT2D eigenvalue weighted by atomic mass is 16.5. The average Bonchev–Trinajstić information content (AvgIpc) is 1.83. The van der Waals surface area contributed by atoms with E-state index in [0.717, 1.165) is 0 Å². The number of amides is 1. The van der Waals surface area contributed by atoms with Gasteiger partial charge in [-0.1, -0.05) is 0 Å². The van der Waals surface area contributed by atoms with Crippen LogP contribution in [-0.2, 0) is 9.53 Å². The predicted octanol–water partition coefficient (Wildman–Crippen LogP) is -0.322. The molecule has 1 amide bonds. The van der Waals surface area contributed by atoms with Crippen molar-refractivity contribution in [3.05, 3.63) is 0 Å². The molecular weight excluding hydrogens is 106 g/mol. The quantitative estimate of drug-likeness (QED) is 0.511. The van der Waals surface area contributed by atoms with Crippen molar-refractivity contribution in [3.63, 3.8) is 0 Å². The molecule has 0 aromatic heterocycles. The second-order valence-corrected chi connectivity index (χ2v) is 1.53. The first kappa shape index (κ1) is 7.43. The summed E-state index contributed by atoms with van der Waals surface area (Å²) in [5, 5.41) is 2.37. The summed E-state index contributed by atoms with van der Waals surface area (Å²) in [7, 11) is 1.59. The van der Waals surface area contributed by atoms with E-state index in [4.69, 9.17) is 4.74 Å². The molecule has 1 N–H and O–H groups in total. The Bertz CT molecular complexity index is 65.4. The standard InChI is InChI=1S/C5H10NO2/c1-5(8-2)3-6-4-7/h5H,3H2,1-2H3,(H,6,7). The molecule has 0 saturated carbocycles. The molecule has 0 aliphatic heterocycles. The molecule has 0 aromatic rings. The minimum absolute atomic E-state index is 0.0800. The van der Waals surface area contributed by atoms with Crippen molar-refractivity contribution < 1.29 is 9.53 Å². The molecule has 1 atom stereocenters. The van der Waals surface area contributed by atoms with Crippen LogP contribution in [0.15, 0.2) is 0 Å². The number of methoxy groups -OCH3 is 1. The molecule has 0 saturated heterocycles. The fourth-order valence-electron chi connectivity index (χ4n) is 0.269. The Kier molecular flexibility index (Phi) is 4.26. The number of nitrogens with one attached hydrogen (secondary N) is 1. The maximum absolute atomic E-state index is 9.53. The minimum atomic E-state index is 0.0800. The first-order valence-corrected chi connectivity index (χ1v) is 2.44. The summed E-state index contributed by atoms with van der Waals surface area (Å²) in [6.45, 7) is 2.39. The van der Waals surface area contributed by atoms with Gasteiger partial charge in [0, 0.05) is 13.7 Å². The number of hydrogen-bond donors (Lipinski definition) is 1. The van der Waals surface area contributed by atoms with Gasteiger partial charge in [-0.2, -0.15) is 0 Å². The second-order valence-electron chi connectivity index (χ2n) is 1.53. The van der Waals surface area contributed by atoms with Crippen LogP contribution in [-0.4, -0.2) is 26.2 Å². The van der Waals surface area contributed by atoms with Crippen LogP contribution < -0.4 is 5.32 Å². The van der Waals surface area contributed by atoms with Crippen LogP contribution >= 0.6 is 0 Å². The summed E-state index contributed by atoms with van der Waals surface area (Å²) in [5.41, 5.74) is 0. The Labute approximate surface area is 49.0 Å². The van der Waals surface area contributed by atoms with E-state index in [0.29, 0.717) is 6.54 Å². The van der Waals surface area contributed by atoms with Crippen molar-refractivity contribution in [1.82, 2.24) is 5.32 Å². The molecule has 0 bridgehead atoms. The number of carbonyl (C=O) groups excluding carboxylic acids is 1. The molecule has 0 aliphatic carbocycles. The van der Waals surface area contributed by atoms with Crippen LogP contribution in [0.2, 0.25) is 0 Å². The molecule has 0 spiro atoms. The fourth-order valence-corrected chi connectivity index (χ4v) is 0.269. The van der Waals surface area contributed by atoms with Gasteiger partial charge in [0.05, 0.1) is 6.10 Å². The van der Waals surface area contributed by atoms with E-state index >= 15 is 0 Å². The van der Waals surface area contributed by atoms with Gasteiger partial charge in [0.2, 0.25) is 0 Å². The third-order valence-corrected chi connectivity index (χ3v) is 0.864. The molecule has 1 unspecified atom stereocenters. The summed E-state index contributed by atoms with van der Waals surface area (Å²) in [6, 6.07) is 0. The molecule has 1 radical (unpaired) electrons. The molecule has 47 valence electrons. The Morgan fingerprint density at radius 3 is 2.88 bits per heavy atom. The Morgan fingerprint density at radius 2 is 2.50 bits per heavy atom. The van der Waals surface area contributed by atoms with Crippen molar-refractivity contribution in [2.45, 2.75) is 13.0 Å². The van der Waals surface area contributed by atoms with E-state index < -0.39 is 0 Å². The van der Waals surface area contributed by atoms with E-state index in [1.54, 1.807) is 13.5 Å². The van der Waals surface area contributed by atoms with Gasteiger partial charge in [0.25, 0.3) is 0 Å². The molecule has 3 nitrogen and oxygen atoms in total. The van der Waals surface area contributed by atoms with Crippen molar-refractivity contribution in [3.8, 4) is 0 Å². The van der Waals surface area contributed by atoms with E-state index in [1.807, 2.05) is 6.92 Å². The lowest BCUT2D eigenvalue weighted by Crippen LogP contribution is -2.24. The lowest BCUT2D eigenvalue weighted by Gasteiger charge is -2.05. The first-order chi connectivity index (χ1) is 3.81. The summed E-state index contributed by atoms with van der Waals surface area (Å²) < 4.78 is 4.81. The zero-order valence-electron chi connectivity index (χ0n) is 5.10. The maximum atomic E-state index is 9.53. The van der Waals surface area contributed by atoms with Gasteiger partial charge < -0.3 is 10.1 Å². The Balaban J connectivity index is 2.97. The first-order valence-electron chi connectivity index (χ1n) is 2.44. The zero-order chi connectivity index (χ0) is 6.41. The third-order valence-electron chi connectivity index (χ3n) is 0.864. The van der Waals surface area contributed by atoms with Gasteiger partial charge in [-0.05, 0) is 6.92 Å². The van der Waals surface area contributed by atoms with Crippen molar-refractivity contribution in [2.75, 3.05) is 13.7 Å². The predicted molar refractivity (Wildman–Crippen MR) is 30.2 cm³/mol. The van der Waals surface area contributed by atoms with Crippen molar-refractivity contribution in [1.29, 1.82) is 0 Å². The van der Waals surface area contributed by atoms with Gasteiger partial charge in [-0.15, -0.1) is 0 Å². The molecule has 3 heteroatoms. The summed E-state index contributed by atoms with van der Waals surface area (Å²) in [4.78, 5) is 9.53. The van der Waals surface area contributed by atoms with Gasteiger partial charge in [-0.25, -0.2) is 0 Å². The van der Waals surface area contributed by atoms with Crippen molar-refractivity contribution >= 4 is 6.41 Å². The summed E-state index contributed by atoms with van der Waals surface area (Å²) in [6.07, 6.45) is 1.63. The van der Waals surface area contributed by atoms with Crippen molar-refractivity contribution in [2.24, 2.45) is 0 Å². The topological polar surface area (TPSA) is 38.3 Å².